The summed E-state index contributed by atoms with van der Waals surface area (Å²) in [5.41, 5.74) is 2.44. The van der Waals surface area contributed by atoms with Gasteiger partial charge in [-0.25, -0.2) is 0 Å². The molecule has 2 aromatic rings. The van der Waals surface area contributed by atoms with Crippen LogP contribution in [0.1, 0.15) is 32.1 Å². The lowest BCUT2D eigenvalue weighted by Crippen LogP contribution is -2.45. The van der Waals surface area contributed by atoms with Crippen molar-refractivity contribution in [1.82, 2.24) is 4.57 Å². The van der Waals surface area contributed by atoms with Crippen molar-refractivity contribution in [1.29, 1.82) is 0 Å². The van der Waals surface area contributed by atoms with Gasteiger partial charge in [0.1, 0.15) is 12.3 Å². The van der Waals surface area contributed by atoms with Gasteiger partial charge in [-0.05, 0) is 18.1 Å². The van der Waals surface area contributed by atoms with E-state index in [1.165, 1.54) is 10.9 Å². The number of nitrogens with zero attached hydrogens (tertiary/aromatic N) is 1. The highest BCUT2D eigenvalue weighted by atomic mass is 16.5. The number of hydrogen-bond acceptors (Lipinski definition) is 3. The molecule has 4 unspecified atom stereocenters. The zero-order chi connectivity index (χ0) is 15.0. The average molecular weight is 289 g/mol. The van der Waals surface area contributed by atoms with Crippen LogP contribution in [0.5, 0.6) is 0 Å². The van der Waals surface area contributed by atoms with Crippen molar-refractivity contribution in [2.24, 2.45) is 5.92 Å². The Morgan fingerprint density at radius 1 is 1.29 bits per heavy atom. The van der Waals surface area contributed by atoms with Crippen molar-refractivity contribution in [2.75, 3.05) is 6.61 Å². The number of rotatable bonds is 3. The summed E-state index contributed by atoms with van der Waals surface area (Å²) in [7, 11) is 0. The second-order valence-electron chi connectivity index (χ2n) is 5.97. The maximum Gasteiger partial charge on any atom is 0.139 e. The van der Waals surface area contributed by atoms with Gasteiger partial charge in [0.2, 0.25) is 0 Å². The maximum atomic E-state index is 10.1. The van der Waals surface area contributed by atoms with E-state index in [4.69, 9.17) is 4.74 Å². The van der Waals surface area contributed by atoms with E-state index in [1.807, 2.05) is 13.0 Å². The van der Waals surface area contributed by atoms with E-state index >= 15 is 0 Å². The summed E-state index contributed by atoms with van der Waals surface area (Å²) in [6.07, 6.45) is 2.47. The van der Waals surface area contributed by atoms with E-state index in [1.54, 1.807) is 0 Å². The Morgan fingerprint density at radius 2 is 2.05 bits per heavy atom. The third-order valence-corrected chi connectivity index (χ3v) is 4.44. The minimum Gasteiger partial charge on any atom is -0.390 e. The van der Waals surface area contributed by atoms with E-state index in [9.17, 15) is 10.2 Å². The van der Waals surface area contributed by atoms with Crippen LogP contribution in [0, 0.1) is 5.92 Å². The fourth-order valence-corrected chi connectivity index (χ4v) is 3.26. The molecule has 0 amide bonds. The molecule has 1 aliphatic heterocycles. The van der Waals surface area contributed by atoms with Gasteiger partial charge in [0.05, 0.1) is 18.2 Å². The van der Waals surface area contributed by atoms with Crippen LogP contribution in [0.4, 0.5) is 0 Å². The van der Waals surface area contributed by atoms with Crippen molar-refractivity contribution >= 4 is 10.9 Å². The molecule has 1 aliphatic rings. The molecule has 1 aromatic carbocycles. The van der Waals surface area contributed by atoms with Crippen LogP contribution in [-0.4, -0.2) is 33.6 Å². The maximum absolute atomic E-state index is 10.1. The van der Waals surface area contributed by atoms with Crippen LogP contribution in [0.15, 0.2) is 30.5 Å². The van der Waals surface area contributed by atoms with Crippen molar-refractivity contribution in [2.45, 2.75) is 45.1 Å². The number of benzene rings is 1. The first-order valence-electron chi connectivity index (χ1n) is 7.69. The lowest BCUT2D eigenvalue weighted by Gasteiger charge is -2.37. The average Bonchev–Trinajstić information content (AvgIpc) is 2.85. The molecular weight excluding hydrogens is 266 g/mol. The molecule has 21 heavy (non-hydrogen) atoms. The van der Waals surface area contributed by atoms with Crippen LogP contribution in [0.3, 0.4) is 0 Å². The van der Waals surface area contributed by atoms with Crippen molar-refractivity contribution in [3.63, 3.8) is 0 Å². The third kappa shape index (κ3) is 2.48. The number of aliphatic hydroxyl groups is 2. The topological polar surface area (TPSA) is 54.6 Å². The fourth-order valence-electron chi connectivity index (χ4n) is 3.26. The molecule has 4 nitrogen and oxygen atoms in total. The van der Waals surface area contributed by atoms with Gasteiger partial charge in [0, 0.05) is 17.5 Å². The summed E-state index contributed by atoms with van der Waals surface area (Å²) >= 11 is 0. The highest BCUT2D eigenvalue weighted by molar-refractivity contribution is 5.84. The predicted octanol–water partition coefficient (Wildman–Crippen LogP) is 2.48. The molecular formula is C17H23NO3. The molecule has 0 radical (unpaired) electrons. The van der Waals surface area contributed by atoms with Crippen molar-refractivity contribution in [3.8, 4) is 0 Å². The number of para-hydroxylation sites is 1. The Morgan fingerprint density at radius 3 is 2.81 bits per heavy atom. The number of fused-ring (bicyclic) bond motifs is 1. The summed E-state index contributed by atoms with van der Waals surface area (Å²) in [6, 6.07) is 8.29. The molecule has 0 spiro atoms. The fraction of sp³-hybridized carbons (Fsp3) is 0.529. The molecule has 0 saturated carbocycles. The SMILES string of the molecule is CCCc1cn(C2OCC(O)C(O)C2C)c2ccccc12. The van der Waals surface area contributed by atoms with Crippen LogP contribution in [0.25, 0.3) is 10.9 Å². The number of hydrogen-bond donors (Lipinski definition) is 2. The van der Waals surface area contributed by atoms with E-state index in [2.05, 4.69) is 35.9 Å². The van der Waals surface area contributed by atoms with E-state index in [0.29, 0.717) is 0 Å². The first-order valence-corrected chi connectivity index (χ1v) is 7.69. The van der Waals surface area contributed by atoms with E-state index < -0.39 is 12.2 Å². The number of ether oxygens (including phenoxy) is 1. The van der Waals surface area contributed by atoms with E-state index in [0.717, 1.165) is 18.4 Å². The van der Waals surface area contributed by atoms with Crippen LogP contribution in [-0.2, 0) is 11.2 Å². The lowest BCUT2D eigenvalue weighted by atomic mass is 9.95. The minimum atomic E-state index is -0.798. The molecule has 0 aliphatic carbocycles. The molecule has 0 bridgehead atoms. The van der Waals surface area contributed by atoms with Gasteiger partial charge >= 0.3 is 0 Å². The molecule has 3 rings (SSSR count). The van der Waals surface area contributed by atoms with Crippen molar-refractivity contribution < 1.29 is 14.9 Å². The molecule has 2 heterocycles. The van der Waals surface area contributed by atoms with Gasteiger partial charge in [0.25, 0.3) is 0 Å². The zero-order valence-electron chi connectivity index (χ0n) is 12.6. The molecule has 1 aromatic heterocycles. The monoisotopic (exact) mass is 289 g/mol. The van der Waals surface area contributed by atoms with Crippen LogP contribution in [0.2, 0.25) is 0 Å². The first kappa shape index (κ1) is 14.6. The number of aryl methyl sites for hydroxylation is 1. The largest absolute Gasteiger partial charge is 0.390 e. The molecule has 4 heteroatoms. The summed E-state index contributed by atoms with van der Waals surface area (Å²) in [5.74, 6) is -0.154. The summed E-state index contributed by atoms with van der Waals surface area (Å²) in [5, 5.41) is 21.1. The van der Waals surface area contributed by atoms with Gasteiger partial charge in [-0.1, -0.05) is 38.5 Å². The second-order valence-corrected chi connectivity index (χ2v) is 5.97. The molecule has 2 N–H and O–H groups in total. The molecule has 4 atom stereocenters. The van der Waals surface area contributed by atoms with Gasteiger partial charge in [-0.15, -0.1) is 0 Å². The Hall–Kier alpha value is -1.36. The van der Waals surface area contributed by atoms with Gasteiger partial charge in [-0.2, -0.15) is 0 Å². The summed E-state index contributed by atoms with van der Waals surface area (Å²) < 4.78 is 7.92. The summed E-state index contributed by atoms with van der Waals surface area (Å²) in [4.78, 5) is 0. The second kappa shape index (κ2) is 5.79. The number of aromatic nitrogens is 1. The standard InChI is InChI=1S/C17H23NO3/c1-3-6-12-9-18(14-8-5-4-7-13(12)14)17-11(2)16(20)15(19)10-21-17/h4-5,7-9,11,15-17,19-20H,3,6,10H2,1-2H3. The molecule has 1 saturated heterocycles. The van der Waals surface area contributed by atoms with E-state index in [-0.39, 0.29) is 18.8 Å². The highest BCUT2D eigenvalue weighted by Crippen LogP contribution is 2.34. The normalized spacial score (nSPS) is 29.9. The smallest absolute Gasteiger partial charge is 0.139 e. The zero-order valence-corrected chi connectivity index (χ0v) is 12.6. The Balaban J connectivity index is 2.04. The quantitative estimate of drug-likeness (QED) is 0.912. The predicted molar refractivity (Wildman–Crippen MR) is 82.1 cm³/mol. The first-order chi connectivity index (χ1) is 10.1. The third-order valence-electron chi connectivity index (χ3n) is 4.44. The van der Waals surface area contributed by atoms with Crippen molar-refractivity contribution in [3.05, 3.63) is 36.0 Å². The Labute approximate surface area is 125 Å². The van der Waals surface area contributed by atoms with Gasteiger partial charge in [-0.3, -0.25) is 0 Å². The van der Waals surface area contributed by atoms with Gasteiger partial charge in [0.15, 0.2) is 0 Å². The molecule has 114 valence electrons. The number of aliphatic hydroxyl groups excluding tert-OH is 2. The van der Waals surface area contributed by atoms with Gasteiger partial charge < -0.3 is 19.5 Å². The summed E-state index contributed by atoms with van der Waals surface area (Å²) in [6.45, 7) is 4.27. The Kier molecular flexibility index (Phi) is 4.02. The molecule has 1 fully saturated rings. The van der Waals surface area contributed by atoms with Crippen LogP contribution >= 0.6 is 0 Å². The minimum absolute atomic E-state index is 0.154. The highest BCUT2D eigenvalue weighted by Gasteiger charge is 2.37. The lowest BCUT2D eigenvalue weighted by molar-refractivity contribution is -0.177. The Bertz CT molecular complexity index is 622. The van der Waals surface area contributed by atoms with Crippen LogP contribution < -0.4 is 0 Å².